The Morgan fingerprint density at radius 3 is 2.68 bits per heavy atom. The van der Waals surface area contributed by atoms with E-state index < -0.39 is 5.63 Å². The highest BCUT2D eigenvalue weighted by Crippen LogP contribution is 2.15. The molecule has 110 valence electrons. The highest BCUT2D eigenvalue weighted by Gasteiger charge is 1.99. The molecule has 1 aromatic heterocycles. The molecule has 0 saturated carbocycles. The minimum atomic E-state index is -0.430. The molecule has 1 heterocycles. The van der Waals surface area contributed by atoms with Crippen LogP contribution in [0, 0.1) is 0 Å². The zero-order chi connectivity index (χ0) is 15.4. The lowest BCUT2D eigenvalue weighted by atomic mass is 10.2. The quantitative estimate of drug-likeness (QED) is 0.798. The summed E-state index contributed by atoms with van der Waals surface area (Å²) in [4.78, 5) is 14.3. The molecule has 4 heteroatoms. The molecular formula is C18H15NO3. The predicted octanol–water partition coefficient (Wildman–Crippen LogP) is 1.79. The van der Waals surface area contributed by atoms with Crippen molar-refractivity contribution in [3.63, 3.8) is 0 Å². The summed E-state index contributed by atoms with van der Waals surface area (Å²) in [5, 5.41) is 0.366. The average molecular weight is 293 g/mol. The van der Waals surface area contributed by atoms with Crippen molar-refractivity contribution in [3.8, 4) is 5.75 Å². The van der Waals surface area contributed by atoms with Crippen LogP contribution in [0.25, 0.3) is 12.7 Å². The van der Waals surface area contributed by atoms with Crippen LogP contribution < -0.4 is 21.3 Å². The third kappa shape index (κ3) is 3.35. The molecule has 0 fully saturated rings. The van der Waals surface area contributed by atoms with Crippen LogP contribution in [0.4, 0.5) is 0 Å². The maximum atomic E-state index is 11.5. The Bertz CT molecular complexity index is 923. The van der Waals surface area contributed by atoms with Gasteiger partial charge in [-0.25, -0.2) is 4.79 Å². The van der Waals surface area contributed by atoms with Gasteiger partial charge in [-0.2, -0.15) is 0 Å². The number of aromatic nitrogens is 1. The van der Waals surface area contributed by atoms with Gasteiger partial charge in [0.05, 0.1) is 0 Å². The Morgan fingerprint density at radius 1 is 1.14 bits per heavy atom. The molecular weight excluding hydrogens is 278 g/mol. The number of ether oxygens (including phenoxy) is 1. The first-order chi connectivity index (χ1) is 10.7. The second kappa shape index (κ2) is 6.18. The van der Waals surface area contributed by atoms with Gasteiger partial charge in [-0.1, -0.05) is 42.5 Å². The van der Waals surface area contributed by atoms with Crippen molar-refractivity contribution in [1.29, 1.82) is 0 Å². The molecule has 22 heavy (non-hydrogen) atoms. The first-order valence-electron chi connectivity index (χ1n) is 6.87. The number of aromatic amines is 1. The molecule has 1 N–H and O–H groups in total. The Labute approximate surface area is 127 Å². The second-order valence-corrected chi connectivity index (χ2v) is 4.84. The minimum absolute atomic E-state index is 0.243. The Kier molecular flexibility index (Phi) is 3.92. The molecule has 0 aliphatic heterocycles. The molecule has 0 saturated heterocycles. The summed E-state index contributed by atoms with van der Waals surface area (Å²) in [5.74, 6) is 0.739. The van der Waals surface area contributed by atoms with Crippen LogP contribution in [-0.4, -0.2) is 4.98 Å². The molecule has 3 rings (SSSR count). The average Bonchev–Trinajstić information content (AvgIpc) is 2.84. The van der Waals surface area contributed by atoms with E-state index in [2.05, 4.69) is 11.6 Å². The number of rotatable bonds is 4. The Balaban J connectivity index is 1.81. The lowest BCUT2D eigenvalue weighted by molar-refractivity contribution is 0.306. The summed E-state index contributed by atoms with van der Waals surface area (Å²) in [7, 11) is 0. The maximum Gasteiger partial charge on any atom is 0.361 e. The number of hydrogen-bond acceptors (Lipinski definition) is 3. The van der Waals surface area contributed by atoms with Gasteiger partial charge in [0.2, 0.25) is 0 Å². The topological polar surface area (TPSA) is 55.2 Å². The molecule has 0 aliphatic rings. The SMILES string of the molecule is C=c1[nH]c(=Cc2cccc(OCc3ccccc3)c2)c(=O)o1. The van der Waals surface area contributed by atoms with E-state index in [1.807, 2.05) is 54.6 Å². The van der Waals surface area contributed by atoms with Crippen molar-refractivity contribution < 1.29 is 9.15 Å². The predicted molar refractivity (Wildman–Crippen MR) is 84.9 cm³/mol. The summed E-state index contributed by atoms with van der Waals surface area (Å²) < 4.78 is 10.6. The monoisotopic (exact) mass is 293 g/mol. The van der Waals surface area contributed by atoms with E-state index in [9.17, 15) is 4.79 Å². The fourth-order valence-electron chi connectivity index (χ4n) is 2.09. The first-order valence-corrected chi connectivity index (χ1v) is 6.87. The summed E-state index contributed by atoms with van der Waals surface area (Å²) in [6.07, 6.45) is 1.70. The molecule has 0 radical (unpaired) electrons. The van der Waals surface area contributed by atoms with Crippen molar-refractivity contribution in [3.05, 3.63) is 87.0 Å². The summed E-state index contributed by atoms with van der Waals surface area (Å²) in [6, 6.07) is 17.5. The third-order valence-corrected chi connectivity index (χ3v) is 3.13. The second-order valence-electron chi connectivity index (χ2n) is 4.84. The lowest BCUT2D eigenvalue weighted by Gasteiger charge is -2.06. The van der Waals surface area contributed by atoms with E-state index >= 15 is 0 Å². The number of oxazole rings is 1. The van der Waals surface area contributed by atoms with Crippen LogP contribution in [0.5, 0.6) is 5.75 Å². The van der Waals surface area contributed by atoms with Crippen LogP contribution in [0.2, 0.25) is 0 Å². The molecule has 0 bridgehead atoms. The van der Waals surface area contributed by atoms with Crippen LogP contribution in [0.1, 0.15) is 11.1 Å². The van der Waals surface area contributed by atoms with Gasteiger partial charge in [-0.05, 0) is 35.9 Å². The number of hydrogen-bond donors (Lipinski definition) is 1. The zero-order valence-electron chi connectivity index (χ0n) is 11.9. The van der Waals surface area contributed by atoms with Gasteiger partial charge in [-0.15, -0.1) is 0 Å². The van der Waals surface area contributed by atoms with Gasteiger partial charge in [0.25, 0.3) is 0 Å². The van der Waals surface area contributed by atoms with Gasteiger partial charge in [0, 0.05) is 0 Å². The zero-order valence-corrected chi connectivity index (χ0v) is 11.9. The summed E-state index contributed by atoms with van der Waals surface area (Å²) in [6.45, 7) is 4.06. The largest absolute Gasteiger partial charge is 0.489 e. The number of nitrogens with one attached hydrogen (secondary N) is 1. The van der Waals surface area contributed by atoms with Crippen LogP contribution in [0.3, 0.4) is 0 Å². The standard InChI is InChI=1S/C18H15NO3/c1-13-19-17(18(20)22-13)11-15-8-5-9-16(10-15)21-12-14-6-3-2-4-7-14/h2-11,19H,1,12H2. The van der Waals surface area contributed by atoms with Gasteiger partial charge in [0.15, 0.2) is 5.55 Å². The Morgan fingerprint density at radius 2 is 1.95 bits per heavy atom. The van der Waals surface area contributed by atoms with Crippen molar-refractivity contribution in [2.75, 3.05) is 0 Å². The minimum Gasteiger partial charge on any atom is -0.489 e. The van der Waals surface area contributed by atoms with Crippen molar-refractivity contribution in [2.24, 2.45) is 0 Å². The van der Waals surface area contributed by atoms with E-state index in [1.54, 1.807) is 6.08 Å². The molecule has 0 spiro atoms. The smallest absolute Gasteiger partial charge is 0.361 e. The van der Waals surface area contributed by atoms with Gasteiger partial charge < -0.3 is 14.1 Å². The molecule has 0 amide bonds. The third-order valence-electron chi connectivity index (χ3n) is 3.13. The molecule has 4 nitrogen and oxygen atoms in total. The van der Waals surface area contributed by atoms with E-state index in [0.29, 0.717) is 12.0 Å². The lowest BCUT2D eigenvalue weighted by Crippen LogP contribution is -2.20. The Hall–Kier alpha value is -3.01. The fraction of sp³-hybridized carbons (Fsp3) is 0.0556. The maximum absolute atomic E-state index is 11.5. The molecule has 0 unspecified atom stereocenters. The van der Waals surface area contributed by atoms with Gasteiger partial charge in [0.1, 0.15) is 17.7 Å². The van der Waals surface area contributed by atoms with Crippen molar-refractivity contribution in [2.45, 2.75) is 6.61 Å². The van der Waals surface area contributed by atoms with Gasteiger partial charge in [-0.3, -0.25) is 0 Å². The molecule has 0 aliphatic carbocycles. The fourth-order valence-corrected chi connectivity index (χ4v) is 2.09. The van der Waals surface area contributed by atoms with E-state index in [1.165, 1.54) is 0 Å². The highest BCUT2D eigenvalue weighted by atomic mass is 16.5. The summed E-state index contributed by atoms with van der Waals surface area (Å²) in [5.41, 5.74) is 1.76. The molecule has 0 atom stereocenters. The number of benzene rings is 2. The van der Waals surface area contributed by atoms with Crippen LogP contribution >= 0.6 is 0 Å². The van der Waals surface area contributed by atoms with Crippen LogP contribution in [0.15, 0.2) is 63.8 Å². The highest BCUT2D eigenvalue weighted by molar-refractivity contribution is 5.50. The van der Waals surface area contributed by atoms with Crippen molar-refractivity contribution in [1.82, 2.24) is 4.98 Å². The normalized spacial score (nSPS) is 11.5. The van der Waals surface area contributed by atoms with Crippen molar-refractivity contribution >= 4 is 12.7 Å². The first kappa shape index (κ1) is 13.9. The van der Waals surface area contributed by atoms with E-state index in [-0.39, 0.29) is 5.55 Å². The van der Waals surface area contributed by atoms with E-state index in [4.69, 9.17) is 9.15 Å². The summed E-state index contributed by atoms with van der Waals surface area (Å²) >= 11 is 0. The van der Waals surface area contributed by atoms with Gasteiger partial charge >= 0.3 is 5.63 Å². The molecule has 3 aromatic rings. The van der Waals surface area contributed by atoms with E-state index in [0.717, 1.165) is 16.9 Å². The number of H-pyrrole nitrogens is 1. The van der Waals surface area contributed by atoms with Crippen LogP contribution in [-0.2, 0) is 6.61 Å². The molecule has 2 aromatic carbocycles.